The van der Waals surface area contributed by atoms with Crippen LogP contribution in [-0.2, 0) is 6.42 Å². The van der Waals surface area contributed by atoms with Gasteiger partial charge in [0.25, 0.3) is 0 Å². The van der Waals surface area contributed by atoms with Crippen molar-refractivity contribution in [1.82, 2.24) is 4.98 Å². The first-order chi connectivity index (χ1) is 23.4. The second-order valence-electron chi connectivity index (χ2n) is 12.3. The van der Waals surface area contributed by atoms with Crippen LogP contribution in [-0.4, -0.2) is 4.98 Å². The van der Waals surface area contributed by atoms with Gasteiger partial charge in [-0.05, 0) is 97.2 Å². The Labute approximate surface area is 288 Å². The summed E-state index contributed by atoms with van der Waals surface area (Å²) >= 11 is 0. The molecule has 240 valence electrons. The number of benzene rings is 2. The van der Waals surface area contributed by atoms with Crippen molar-refractivity contribution in [2.45, 2.75) is 41.0 Å². The monoisotopic (exact) mass is 625 g/mol. The summed E-state index contributed by atoms with van der Waals surface area (Å²) in [7, 11) is 0. The minimum Gasteiger partial charge on any atom is -0.252 e. The van der Waals surface area contributed by atoms with E-state index in [1.54, 1.807) is 0 Å². The van der Waals surface area contributed by atoms with Crippen molar-refractivity contribution in [2.75, 3.05) is 0 Å². The van der Waals surface area contributed by atoms with E-state index < -0.39 is 0 Å². The molecule has 1 nitrogen and oxygen atoms in total. The van der Waals surface area contributed by atoms with Crippen molar-refractivity contribution in [1.29, 1.82) is 0 Å². The summed E-state index contributed by atoms with van der Waals surface area (Å²) in [6.07, 6.45) is 28.9. The lowest BCUT2D eigenvalue weighted by Crippen LogP contribution is -2.26. The Morgan fingerprint density at radius 1 is 0.771 bits per heavy atom. The van der Waals surface area contributed by atoms with E-state index in [1.807, 2.05) is 26.0 Å². The van der Waals surface area contributed by atoms with E-state index in [2.05, 4.69) is 167 Å². The summed E-state index contributed by atoms with van der Waals surface area (Å²) in [4.78, 5) is 5.12. The van der Waals surface area contributed by atoms with E-state index in [1.165, 1.54) is 39.0 Å². The minimum atomic E-state index is 0.222. The second kappa shape index (κ2) is 16.0. The van der Waals surface area contributed by atoms with E-state index in [0.717, 1.165) is 39.7 Å². The van der Waals surface area contributed by atoms with E-state index in [4.69, 9.17) is 4.98 Å². The van der Waals surface area contributed by atoms with Crippen LogP contribution in [0.1, 0.15) is 43.2 Å². The first kappa shape index (κ1) is 34.1. The Morgan fingerprint density at radius 3 is 2.19 bits per heavy atom. The van der Waals surface area contributed by atoms with Crippen LogP contribution in [0.4, 0.5) is 0 Å². The van der Waals surface area contributed by atoms with Crippen molar-refractivity contribution in [3.63, 3.8) is 0 Å². The zero-order valence-corrected chi connectivity index (χ0v) is 29.1. The number of nitrogens with zero attached hydrogens (tertiary/aromatic N) is 1. The number of allylic oxidation sites excluding steroid dienone is 17. The zero-order valence-electron chi connectivity index (χ0n) is 29.1. The molecule has 5 rings (SSSR count). The van der Waals surface area contributed by atoms with Gasteiger partial charge in [0.15, 0.2) is 0 Å². The predicted molar refractivity (Wildman–Crippen MR) is 210 cm³/mol. The second-order valence-corrected chi connectivity index (χ2v) is 12.3. The molecule has 2 aromatic carbocycles. The molecule has 0 aliphatic heterocycles. The summed E-state index contributed by atoms with van der Waals surface area (Å²) in [5.41, 5.74) is 14.2. The quantitative estimate of drug-likeness (QED) is 0.216. The molecule has 3 aromatic rings. The summed E-state index contributed by atoms with van der Waals surface area (Å²) in [6.45, 7) is 18.9. The molecular formula is C47H47N. The van der Waals surface area contributed by atoms with Gasteiger partial charge in [-0.2, -0.15) is 0 Å². The van der Waals surface area contributed by atoms with Gasteiger partial charge in [0.05, 0.1) is 5.52 Å². The fraction of sp³-hybridized carbons (Fsp3) is 0.170. The van der Waals surface area contributed by atoms with Crippen LogP contribution in [0, 0.1) is 25.7 Å². The number of rotatable bonds is 9. The van der Waals surface area contributed by atoms with Crippen molar-refractivity contribution in [3.8, 4) is 11.1 Å². The smallest absolute Gasteiger partial charge is 0.0711 e. The maximum atomic E-state index is 5.12. The average molecular weight is 626 g/mol. The molecule has 0 bridgehead atoms. The van der Waals surface area contributed by atoms with Crippen molar-refractivity contribution >= 4 is 17.0 Å². The molecule has 1 aromatic heterocycles. The third kappa shape index (κ3) is 7.16. The third-order valence-electron chi connectivity index (χ3n) is 9.23. The molecule has 0 radical (unpaired) electrons. The van der Waals surface area contributed by atoms with Crippen molar-refractivity contribution in [2.24, 2.45) is 11.8 Å². The van der Waals surface area contributed by atoms with E-state index in [9.17, 15) is 0 Å². The highest BCUT2D eigenvalue weighted by Crippen LogP contribution is 2.47. The van der Waals surface area contributed by atoms with Gasteiger partial charge < -0.3 is 0 Å². The van der Waals surface area contributed by atoms with Crippen molar-refractivity contribution in [3.05, 3.63) is 203 Å². The van der Waals surface area contributed by atoms with Gasteiger partial charge in [-0.3, -0.25) is 4.98 Å². The molecule has 0 amide bonds. The largest absolute Gasteiger partial charge is 0.252 e. The van der Waals surface area contributed by atoms with Gasteiger partial charge in [-0.25, -0.2) is 0 Å². The Kier molecular flexibility index (Phi) is 11.4. The summed E-state index contributed by atoms with van der Waals surface area (Å²) in [6, 6.07) is 24.1. The maximum Gasteiger partial charge on any atom is 0.0711 e. The SMILES string of the molecule is C=CC1=C(Cc2ccc(-c3cccc(C)c(/C=C\C)c(C)nc4ccccc34)cc2)C2C=CC=CC2C(C(/C=C)=C/C=C\C)=C1/C=C\C. The molecule has 0 saturated heterocycles. The maximum absolute atomic E-state index is 5.12. The van der Waals surface area contributed by atoms with Crippen LogP contribution in [0.5, 0.6) is 0 Å². The van der Waals surface area contributed by atoms with E-state index in [-0.39, 0.29) is 11.8 Å². The number of aryl methyl sites for hydroxylation is 2. The van der Waals surface area contributed by atoms with Crippen LogP contribution in [0.15, 0.2) is 181 Å². The Hall–Kier alpha value is -5.27. The average Bonchev–Trinajstić information content (AvgIpc) is 3.11. The van der Waals surface area contributed by atoms with Gasteiger partial charge in [0, 0.05) is 22.9 Å². The lowest BCUT2D eigenvalue weighted by atomic mass is 9.66. The molecule has 48 heavy (non-hydrogen) atoms. The lowest BCUT2D eigenvalue weighted by molar-refractivity contribution is 0.577. The fourth-order valence-electron chi connectivity index (χ4n) is 6.99. The van der Waals surface area contributed by atoms with E-state index in [0.29, 0.717) is 0 Å². The molecule has 0 saturated carbocycles. The minimum absolute atomic E-state index is 0.222. The van der Waals surface area contributed by atoms with Crippen molar-refractivity contribution < 1.29 is 0 Å². The fourth-order valence-corrected chi connectivity index (χ4v) is 6.99. The molecule has 2 atom stereocenters. The Balaban J connectivity index is 1.63. The van der Waals surface area contributed by atoms with Crippen LogP contribution in [0.3, 0.4) is 0 Å². The highest BCUT2D eigenvalue weighted by atomic mass is 14.7. The first-order valence-electron chi connectivity index (χ1n) is 16.9. The molecule has 1 heterocycles. The molecule has 2 unspecified atom stereocenters. The topological polar surface area (TPSA) is 12.9 Å². The first-order valence-corrected chi connectivity index (χ1v) is 16.9. The number of fused-ring (bicyclic) bond motifs is 2. The van der Waals surface area contributed by atoms with Gasteiger partial charge in [0.2, 0.25) is 0 Å². The molecule has 1 heteroatoms. The molecule has 0 N–H and O–H groups in total. The summed E-state index contributed by atoms with van der Waals surface area (Å²) < 4.78 is 0. The third-order valence-corrected chi connectivity index (χ3v) is 9.23. The van der Waals surface area contributed by atoms with Crippen LogP contribution < -0.4 is 0 Å². The van der Waals surface area contributed by atoms with Gasteiger partial charge in [-0.15, -0.1) is 0 Å². The standard InChI is InChI=1S/C47H47N/c1-8-13-22-36(11-4)47-43(20-10-3)38(12-5)45(41-23-14-15-25-44(41)47)32-35-28-30-37(31-29-35)40-26-18-21-33(6)39(19-9-2)34(7)48-46-27-17-16-24-42(40)46/h8-31,41,44H,4-5,32H2,1-3,6-7H3/b13-8-,19-9-,20-10-,21-18?,26-18?,33-21?,36-22+,39-33?,39-34?,40-26?,42-40?,48-34?,48-46?. The number of para-hydroxylation sites is 1. The molecule has 2 aliphatic rings. The van der Waals surface area contributed by atoms with E-state index >= 15 is 0 Å². The summed E-state index contributed by atoms with van der Waals surface area (Å²) in [5, 5.41) is 1.12. The highest BCUT2D eigenvalue weighted by Gasteiger charge is 2.34. The van der Waals surface area contributed by atoms with Gasteiger partial charge in [0.1, 0.15) is 0 Å². The lowest BCUT2D eigenvalue weighted by Gasteiger charge is -2.37. The van der Waals surface area contributed by atoms with Gasteiger partial charge >= 0.3 is 0 Å². The van der Waals surface area contributed by atoms with Gasteiger partial charge in [-0.1, -0.05) is 158 Å². The zero-order chi connectivity index (χ0) is 34.0. The number of hydrogen-bond acceptors (Lipinski definition) is 1. The van der Waals surface area contributed by atoms with Crippen LogP contribution >= 0.6 is 0 Å². The Morgan fingerprint density at radius 2 is 1.50 bits per heavy atom. The molecule has 0 spiro atoms. The molecule has 2 aliphatic carbocycles. The number of hydrogen-bond donors (Lipinski definition) is 0. The summed E-state index contributed by atoms with van der Waals surface area (Å²) in [5.74, 6) is 0.461. The molecule has 0 fully saturated rings. The van der Waals surface area contributed by atoms with Crippen LogP contribution in [0.2, 0.25) is 0 Å². The van der Waals surface area contributed by atoms with Crippen LogP contribution in [0.25, 0.3) is 28.1 Å². The molecular weight excluding hydrogens is 579 g/mol. The Bertz CT molecular complexity index is 2010. The number of aromatic nitrogens is 1. The normalized spacial score (nSPS) is 17.9. The predicted octanol–water partition coefficient (Wildman–Crippen LogP) is 12.6. The highest BCUT2D eigenvalue weighted by molar-refractivity contribution is 5.93.